The van der Waals surface area contributed by atoms with Crippen LogP contribution >= 0.6 is 0 Å². The Balaban J connectivity index is 0. The first kappa shape index (κ1) is 19.9. The van der Waals surface area contributed by atoms with Crippen molar-refractivity contribution < 1.29 is 79.0 Å². The van der Waals surface area contributed by atoms with E-state index >= 15 is 0 Å². The number of halogens is 9. The Morgan fingerprint density at radius 3 is 1.39 bits per heavy atom. The van der Waals surface area contributed by atoms with Gasteiger partial charge >= 0.3 is 53.4 Å². The molecule has 2 nitrogen and oxygen atoms in total. The summed E-state index contributed by atoms with van der Waals surface area (Å²) in [4.78, 5) is 9.51. The fourth-order valence-corrected chi connectivity index (χ4v) is 0.582. The Kier molecular flexibility index (Phi) is 6.30. The van der Waals surface area contributed by atoms with Crippen LogP contribution in [0.1, 0.15) is 0 Å². The van der Waals surface area contributed by atoms with Crippen LogP contribution in [0.15, 0.2) is 11.9 Å². The van der Waals surface area contributed by atoms with Crippen LogP contribution in [0.2, 0.25) is 0 Å². The van der Waals surface area contributed by atoms with Crippen molar-refractivity contribution in [3.8, 4) is 0 Å². The standard InChI is InChI=1S/C6HF9O2.Na/c7-1(2(8)9)4(10,11)6(14,15)5(12,13)3(16)17;/h(H,16,17);/q;+1/p-1. The molecule has 0 N–H and O–H groups in total. The quantitative estimate of drug-likeness (QED) is 0.479. The van der Waals surface area contributed by atoms with Crippen molar-refractivity contribution in [3.63, 3.8) is 0 Å². The summed E-state index contributed by atoms with van der Waals surface area (Å²) >= 11 is 0. The maximum absolute atomic E-state index is 12.3. The van der Waals surface area contributed by atoms with Crippen molar-refractivity contribution in [2.24, 2.45) is 0 Å². The molecule has 0 saturated heterocycles. The van der Waals surface area contributed by atoms with Gasteiger partial charge in [0.15, 0.2) is 0 Å². The zero-order chi connectivity index (χ0) is 14.2. The number of aliphatic carboxylic acids is 1. The average molecular weight is 298 g/mol. The number of allylic oxidation sites excluding steroid dienone is 1. The fourth-order valence-electron chi connectivity index (χ4n) is 0.582. The van der Waals surface area contributed by atoms with E-state index in [0.717, 1.165) is 0 Å². The monoisotopic (exact) mass is 298 g/mol. The minimum Gasteiger partial charge on any atom is -0.544 e. The first-order valence-electron chi connectivity index (χ1n) is 3.36. The fraction of sp³-hybridized carbons (Fsp3) is 0.500. The maximum Gasteiger partial charge on any atom is 1.00 e. The average Bonchev–Trinajstić information content (AvgIpc) is 2.15. The van der Waals surface area contributed by atoms with Crippen LogP contribution in [-0.2, 0) is 4.79 Å². The summed E-state index contributed by atoms with van der Waals surface area (Å²) in [6, 6.07) is 0. The molecule has 0 bridgehead atoms. The van der Waals surface area contributed by atoms with E-state index in [-0.39, 0.29) is 29.6 Å². The van der Waals surface area contributed by atoms with Gasteiger partial charge in [-0.1, -0.05) is 0 Å². The second kappa shape index (κ2) is 5.70. The zero-order valence-corrected chi connectivity index (χ0v) is 10.2. The summed E-state index contributed by atoms with van der Waals surface area (Å²) in [5.41, 5.74) is 0. The molecule has 100 valence electrons. The number of carbonyl (C=O) groups excluding carboxylic acids is 1. The van der Waals surface area contributed by atoms with Gasteiger partial charge in [0.2, 0.25) is 5.83 Å². The second-order valence-electron chi connectivity index (χ2n) is 2.59. The SMILES string of the molecule is O=C([O-])C(F)(F)C(F)(F)C(F)(F)C(F)=C(F)F.[Na+]. The van der Waals surface area contributed by atoms with E-state index in [1.54, 1.807) is 0 Å². The number of rotatable bonds is 4. The Labute approximate surface area is 115 Å². The van der Waals surface area contributed by atoms with E-state index in [2.05, 4.69) is 0 Å². The molecule has 0 aromatic carbocycles. The van der Waals surface area contributed by atoms with Gasteiger partial charge in [-0.25, -0.2) is 0 Å². The van der Waals surface area contributed by atoms with Gasteiger partial charge in [0.1, 0.15) is 5.97 Å². The number of hydrogen-bond donors (Lipinski definition) is 0. The molecule has 0 rings (SSSR count). The predicted octanol–water partition coefficient (Wildman–Crippen LogP) is -1.28. The van der Waals surface area contributed by atoms with E-state index in [4.69, 9.17) is 0 Å². The van der Waals surface area contributed by atoms with Crippen molar-refractivity contribution in [3.05, 3.63) is 11.9 Å². The Morgan fingerprint density at radius 2 is 1.17 bits per heavy atom. The topological polar surface area (TPSA) is 40.1 Å². The molecule has 0 saturated carbocycles. The summed E-state index contributed by atoms with van der Waals surface area (Å²) in [6.07, 6.45) is -3.98. The summed E-state index contributed by atoms with van der Waals surface area (Å²) in [7, 11) is 0. The molecule has 0 atom stereocenters. The van der Waals surface area contributed by atoms with Gasteiger partial charge in [0.25, 0.3) is 0 Å². The molecule has 0 amide bonds. The van der Waals surface area contributed by atoms with Gasteiger partial charge in [-0.3, -0.25) is 0 Å². The molecule has 0 spiro atoms. The van der Waals surface area contributed by atoms with E-state index in [1.807, 2.05) is 0 Å². The maximum atomic E-state index is 12.3. The Morgan fingerprint density at radius 1 is 0.833 bits per heavy atom. The molecular weight excluding hydrogens is 298 g/mol. The largest absolute Gasteiger partial charge is 1.00 e. The van der Waals surface area contributed by atoms with Crippen molar-refractivity contribution in [2.45, 2.75) is 17.8 Å². The van der Waals surface area contributed by atoms with E-state index in [1.165, 1.54) is 0 Å². The van der Waals surface area contributed by atoms with Gasteiger partial charge < -0.3 is 9.90 Å². The molecule has 0 unspecified atom stereocenters. The third-order valence-electron chi connectivity index (χ3n) is 1.49. The molecule has 0 heterocycles. The third kappa shape index (κ3) is 2.94. The molecule has 0 aliphatic rings. The zero-order valence-electron chi connectivity index (χ0n) is 8.22. The normalized spacial score (nSPS) is 12.7. The number of carbonyl (C=O) groups is 1. The van der Waals surface area contributed by atoms with Gasteiger partial charge in [0, 0.05) is 0 Å². The minimum atomic E-state index is -6.92. The van der Waals surface area contributed by atoms with Crippen molar-refractivity contribution in [2.75, 3.05) is 0 Å². The summed E-state index contributed by atoms with van der Waals surface area (Å²) < 4.78 is 108. The molecule has 12 heteroatoms. The van der Waals surface area contributed by atoms with Crippen molar-refractivity contribution in [1.82, 2.24) is 0 Å². The van der Waals surface area contributed by atoms with Crippen molar-refractivity contribution >= 4 is 5.97 Å². The molecule has 0 fully saturated rings. The second-order valence-corrected chi connectivity index (χ2v) is 2.59. The minimum absolute atomic E-state index is 0. The van der Waals surface area contributed by atoms with Gasteiger partial charge in [0.05, 0.1) is 0 Å². The molecule has 0 aliphatic carbocycles. The van der Waals surface area contributed by atoms with E-state index < -0.39 is 35.6 Å². The summed E-state index contributed by atoms with van der Waals surface area (Å²) in [5, 5.41) is 9.51. The van der Waals surface area contributed by atoms with Crippen LogP contribution in [0.5, 0.6) is 0 Å². The molecule has 0 aromatic rings. The van der Waals surface area contributed by atoms with Gasteiger partial charge in [-0.05, 0) is 0 Å². The predicted molar refractivity (Wildman–Crippen MR) is 30.2 cm³/mol. The Bertz CT molecular complexity index is 360. The summed E-state index contributed by atoms with van der Waals surface area (Å²) in [6.45, 7) is 0. The van der Waals surface area contributed by atoms with Gasteiger partial charge in [-0.15, -0.1) is 0 Å². The van der Waals surface area contributed by atoms with Crippen LogP contribution in [0.3, 0.4) is 0 Å². The van der Waals surface area contributed by atoms with E-state index in [9.17, 15) is 49.4 Å². The molecular formula is C6F9NaO2. The Hall–Kier alpha value is -0.420. The number of alkyl halides is 6. The number of hydrogen-bond acceptors (Lipinski definition) is 2. The van der Waals surface area contributed by atoms with E-state index in [0.29, 0.717) is 0 Å². The molecule has 0 radical (unpaired) electrons. The third-order valence-corrected chi connectivity index (χ3v) is 1.49. The summed E-state index contributed by atoms with van der Waals surface area (Å²) in [5.74, 6) is -28.3. The van der Waals surface area contributed by atoms with Crippen molar-refractivity contribution in [1.29, 1.82) is 0 Å². The smallest absolute Gasteiger partial charge is 0.544 e. The van der Waals surface area contributed by atoms with Crippen LogP contribution in [0.4, 0.5) is 39.5 Å². The number of carboxylic acid groups (broad SMARTS) is 1. The van der Waals surface area contributed by atoms with Crippen LogP contribution in [0.25, 0.3) is 0 Å². The van der Waals surface area contributed by atoms with Gasteiger partial charge in [-0.2, -0.15) is 39.5 Å². The molecule has 0 aliphatic heterocycles. The van der Waals surface area contributed by atoms with Crippen LogP contribution in [0, 0.1) is 0 Å². The van der Waals surface area contributed by atoms with Crippen LogP contribution < -0.4 is 34.7 Å². The molecule has 18 heavy (non-hydrogen) atoms. The molecule has 0 aromatic heterocycles. The first-order chi connectivity index (χ1) is 7.30. The van der Waals surface area contributed by atoms with Crippen LogP contribution in [-0.4, -0.2) is 23.7 Å². The first-order valence-corrected chi connectivity index (χ1v) is 3.36. The number of carboxylic acids is 1.